The molecule has 1 aromatic rings. The average molecular weight is 597 g/mol. The highest BCUT2D eigenvalue weighted by atomic mass is 14.0. The Morgan fingerprint density at radius 3 is 0.698 bits per heavy atom. The molecule has 0 N–H and O–H groups in total. The molecule has 0 saturated carbocycles. The van der Waals surface area contributed by atoms with Gasteiger partial charge in [-0.2, -0.15) is 0 Å². The van der Waals surface area contributed by atoms with Crippen LogP contribution in [0, 0.1) is 0 Å². The SMILES string of the molecule is CCCCCCCCCCCCCCCCCCCCCCCCCCCCCCCCCCCCCc1ccccc1. The molecule has 0 heterocycles. The predicted molar refractivity (Wildman–Crippen MR) is 197 cm³/mol. The van der Waals surface area contributed by atoms with Crippen LogP contribution in [0.3, 0.4) is 0 Å². The molecule has 0 bridgehead atoms. The molecule has 0 amide bonds. The smallest absolute Gasteiger partial charge is 0.0279 e. The quantitative estimate of drug-likeness (QED) is 0.0676. The number of hydrogen-bond acceptors (Lipinski definition) is 0. The molecule has 0 aliphatic heterocycles. The third-order valence-corrected chi connectivity index (χ3v) is 9.91. The van der Waals surface area contributed by atoms with Gasteiger partial charge >= 0.3 is 0 Å². The van der Waals surface area contributed by atoms with Crippen molar-refractivity contribution in [2.24, 2.45) is 0 Å². The lowest BCUT2D eigenvalue weighted by molar-refractivity contribution is 0.511. The van der Waals surface area contributed by atoms with Crippen molar-refractivity contribution in [3.63, 3.8) is 0 Å². The number of aryl methyl sites for hydroxylation is 1. The maximum atomic E-state index is 2.31. The predicted octanol–water partition coefficient (Wildman–Crippen LogP) is 15.9. The average Bonchev–Trinajstić information content (AvgIpc) is 3.03. The Balaban J connectivity index is 1.61. The van der Waals surface area contributed by atoms with E-state index in [1.54, 1.807) is 0 Å². The van der Waals surface area contributed by atoms with Crippen LogP contribution in [-0.2, 0) is 6.42 Å². The molecule has 1 aromatic carbocycles. The van der Waals surface area contributed by atoms with Gasteiger partial charge in [0.2, 0.25) is 0 Å². The minimum Gasteiger partial charge on any atom is -0.0654 e. The van der Waals surface area contributed by atoms with Gasteiger partial charge in [-0.25, -0.2) is 0 Å². The summed E-state index contributed by atoms with van der Waals surface area (Å²) in [6.45, 7) is 2.31. The maximum absolute atomic E-state index is 2.31. The molecule has 0 aromatic heterocycles. The lowest BCUT2D eigenvalue weighted by Crippen LogP contribution is -1.86. The second kappa shape index (κ2) is 35.7. The van der Waals surface area contributed by atoms with Crippen molar-refractivity contribution in [3.8, 4) is 0 Å². The second-order valence-corrected chi connectivity index (χ2v) is 14.3. The molecule has 0 heteroatoms. The topological polar surface area (TPSA) is 0 Å². The first-order valence-electron chi connectivity index (χ1n) is 20.5. The van der Waals surface area contributed by atoms with E-state index in [1.165, 1.54) is 237 Å². The van der Waals surface area contributed by atoms with Gasteiger partial charge in [-0.15, -0.1) is 0 Å². The van der Waals surface area contributed by atoms with Crippen LogP contribution in [0.2, 0.25) is 0 Å². The van der Waals surface area contributed by atoms with Crippen molar-refractivity contribution in [2.75, 3.05) is 0 Å². The minimum absolute atomic E-state index is 1.26. The molecule has 43 heavy (non-hydrogen) atoms. The number of hydrogen-bond donors (Lipinski definition) is 0. The summed E-state index contributed by atoms with van der Waals surface area (Å²) in [5.41, 5.74) is 1.51. The van der Waals surface area contributed by atoms with Crippen LogP contribution in [0.4, 0.5) is 0 Å². The van der Waals surface area contributed by atoms with E-state index >= 15 is 0 Å². The van der Waals surface area contributed by atoms with E-state index < -0.39 is 0 Å². The summed E-state index contributed by atoms with van der Waals surface area (Å²) < 4.78 is 0. The second-order valence-electron chi connectivity index (χ2n) is 14.3. The van der Waals surface area contributed by atoms with Gasteiger partial charge in [0.05, 0.1) is 0 Å². The number of unbranched alkanes of at least 4 members (excludes halogenated alkanes) is 34. The number of rotatable bonds is 36. The van der Waals surface area contributed by atoms with Crippen LogP contribution in [0.5, 0.6) is 0 Å². The zero-order valence-electron chi connectivity index (χ0n) is 29.8. The van der Waals surface area contributed by atoms with Gasteiger partial charge in [-0.05, 0) is 18.4 Å². The fourth-order valence-corrected chi connectivity index (χ4v) is 6.88. The van der Waals surface area contributed by atoms with Gasteiger partial charge in [0.25, 0.3) is 0 Å². The molecule has 0 fully saturated rings. The van der Waals surface area contributed by atoms with Crippen LogP contribution in [0.15, 0.2) is 30.3 Å². The van der Waals surface area contributed by atoms with Crippen molar-refractivity contribution in [3.05, 3.63) is 35.9 Å². The zero-order valence-corrected chi connectivity index (χ0v) is 29.8. The van der Waals surface area contributed by atoms with E-state index in [0.717, 1.165) is 0 Å². The first kappa shape index (κ1) is 40.2. The number of benzene rings is 1. The van der Waals surface area contributed by atoms with Crippen LogP contribution in [0.25, 0.3) is 0 Å². The highest BCUT2D eigenvalue weighted by molar-refractivity contribution is 5.14. The van der Waals surface area contributed by atoms with E-state index in [0.29, 0.717) is 0 Å². The first-order valence-corrected chi connectivity index (χ1v) is 20.5. The molecule has 0 aliphatic rings. The maximum Gasteiger partial charge on any atom is -0.0279 e. The van der Waals surface area contributed by atoms with Crippen LogP contribution >= 0.6 is 0 Å². The molecule has 0 nitrogen and oxygen atoms in total. The Labute approximate surface area is 273 Å². The van der Waals surface area contributed by atoms with E-state index in [-0.39, 0.29) is 0 Å². The monoisotopic (exact) mass is 597 g/mol. The van der Waals surface area contributed by atoms with Crippen molar-refractivity contribution in [1.29, 1.82) is 0 Å². The molecule has 252 valence electrons. The Kier molecular flexibility index (Phi) is 33.4. The van der Waals surface area contributed by atoms with E-state index in [9.17, 15) is 0 Å². The van der Waals surface area contributed by atoms with Gasteiger partial charge in [0.1, 0.15) is 0 Å². The summed E-state index contributed by atoms with van der Waals surface area (Å²) in [4.78, 5) is 0. The highest BCUT2D eigenvalue weighted by Gasteiger charge is 1.98. The Hall–Kier alpha value is -0.780. The summed E-state index contributed by atoms with van der Waals surface area (Å²) in [5.74, 6) is 0. The van der Waals surface area contributed by atoms with Gasteiger partial charge in [-0.3, -0.25) is 0 Å². The zero-order chi connectivity index (χ0) is 30.6. The van der Waals surface area contributed by atoms with Gasteiger partial charge in [-0.1, -0.05) is 256 Å². The lowest BCUT2D eigenvalue weighted by Gasteiger charge is -2.05. The molecule has 1 rings (SSSR count). The minimum atomic E-state index is 1.26. The summed E-state index contributed by atoms with van der Waals surface area (Å²) in [6.07, 6.45) is 52.9. The van der Waals surface area contributed by atoms with Crippen molar-refractivity contribution in [1.82, 2.24) is 0 Å². The highest BCUT2D eigenvalue weighted by Crippen LogP contribution is 2.17. The van der Waals surface area contributed by atoms with Crippen molar-refractivity contribution in [2.45, 2.75) is 238 Å². The van der Waals surface area contributed by atoms with Crippen LogP contribution in [-0.4, -0.2) is 0 Å². The van der Waals surface area contributed by atoms with Crippen molar-refractivity contribution >= 4 is 0 Å². The Morgan fingerprint density at radius 1 is 0.256 bits per heavy atom. The van der Waals surface area contributed by atoms with Crippen LogP contribution < -0.4 is 0 Å². The summed E-state index contributed by atoms with van der Waals surface area (Å²) >= 11 is 0. The van der Waals surface area contributed by atoms with Gasteiger partial charge < -0.3 is 0 Å². The van der Waals surface area contributed by atoms with E-state index in [1.807, 2.05) is 0 Å². The Morgan fingerprint density at radius 2 is 0.465 bits per heavy atom. The molecule has 0 saturated heterocycles. The molecule has 0 radical (unpaired) electrons. The summed E-state index contributed by atoms with van der Waals surface area (Å²) in [5, 5.41) is 0. The van der Waals surface area contributed by atoms with Gasteiger partial charge in [0.15, 0.2) is 0 Å². The fourth-order valence-electron chi connectivity index (χ4n) is 6.88. The van der Waals surface area contributed by atoms with E-state index in [4.69, 9.17) is 0 Å². The molecule has 0 aliphatic carbocycles. The normalized spacial score (nSPS) is 11.5. The van der Waals surface area contributed by atoms with Gasteiger partial charge in [0, 0.05) is 0 Å². The van der Waals surface area contributed by atoms with Crippen molar-refractivity contribution < 1.29 is 0 Å². The van der Waals surface area contributed by atoms with Crippen LogP contribution in [0.1, 0.15) is 237 Å². The molecule has 0 atom stereocenters. The standard InChI is InChI=1S/C43H80/c1-2-3-4-5-6-7-8-9-10-11-12-13-14-15-16-17-18-19-20-21-22-23-24-25-26-27-28-29-30-31-32-33-34-35-37-40-43-41-38-36-39-42-43/h36,38-39,41-42H,2-35,37,40H2,1H3. The summed E-state index contributed by atoms with van der Waals surface area (Å²) in [6, 6.07) is 11.0. The molecular formula is C43H80. The van der Waals surface area contributed by atoms with E-state index in [2.05, 4.69) is 37.3 Å². The molecule has 0 unspecified atom stereocenters. The Bertz CT molecular complexity index is 604. The molecule has 0 spiro atoms. The fraction of sp³-hybridized carbons (Fsp3) is 0.860. The third kappa shape index (κ3) is 32.4. The summed E-state index contributed by atoms with van der Waals surface area (Å²) in [7, 11) is 0. The first-order chi connectivity index (χ1) is 21.4. The third-order valence-electron chi connectivity index (χ3n) is 9.91. The molecular weight excluding hydrogens is 516 g/mol. The largest absolute Gasteiger partial charge is 0.0654 e. The lowest BCUT2D eigenvalue weighted by atomic mass is 10.0.